The summed E-state index contributed by atoms with van der Waals surface area (Å²) >= 11 is 0. The number of carboxylic acid groups (broad SMARTS) is 1. The van der Waals surface area contributed by atoms with Crippen LogP contribution >= 0.6 is 0 Å². The molecule has 0 aliphatic heterocycles. The van der Waals surface area contributed by atoms with E-state index in [-0.39, 0.29) is 24.9 Å². The third kappa shape index (κ3) is 5.15. The Morgan fingerprint density at radius 2 is 1.79 bits per heavy atom. The van der Waals surface area contributed by atoms with Crippen LogP contribution in [0.5, 0.6) is 0 Å². The van der Waals surface area contributed by atoms with Gasteiger partial charge in [0.25, 0.3) is 0 Å². The summed E-state index contributed by atoms with van der Waals surface area (Å²) in [6, 6.07) is 11.9. The van der Waals surface area contributed by atoms with Gasteiger partial charge in [-0.2, -0.15) is 0 Å². The number of rotatable bonds is 7. The number of carbonyl (C=O) groups is 2. The lowest BCUT2D eigenvalue weighted by Gasteiger charge is -2.14. The minimum atomic E-state index is -1.03. The molecular weight excluding hydrogens is 316 g/mol. The number of carbonyl (C=O) groups excluding carboxylic acids is 1. The largest absolute Gasteiger partial charge is 0.481 e. The summed E-state index contributed by atoms with van der Waals surface area (Å²) in [6.07, 6.45) is -0.0773. The zero-order valence-electron chi connectivity index (χ0n) is 12.8. The maximum atomic E-state index is 13.5. The minimum absolute atomic E-state index is 0.0672. The van der Waals surface area contributed by atoms with E-state index in [1.54, 1.807) is 24.3 Å². The second kappa shape index (κ2) is 8.19. The summed E-state index contributed by atoms with van der Waals surface area (Å²) in [5.41, 5.74) is 0.776. The summed E-state index contributed by atoms with van der Waals surface area (Å²) in [6.45, 7) is -0.0833. The fraction of sp³-hybridized carbons (Fsp3) is 0.222. The number of benzene rings is 2. The van der Waals surface area contributed by atoms with Crippen molar-refractivity contribution in [1.82, 2.24) is 5.32 Å². The molecule has 0 spiro atoms. The summed E-state index contributed by atoms with van der Waals surface area (Å²) in [7, 11) is 0. The first-order chi connectivity index (χ1) is 11.5. The first kappa shape index (κ1) is 17.6. The highest BCUT2D eigenvalue weighted by molar-refractivity contribution is 5.79. The van der Waals surface area contributed by atoms with Crippen LogP contribution in [0.3, 0.4) is 0 Å². The number of aliphatic carboxylic acids is 1. The molecule has 1 atom stereocenters. The number of hydrogen-bond donors (Lipinski definition) is 2. The van der Waals surface area contributed by atoms with E-state index in [0.29, 0.717) is 0 Å². The van der Waals surface area contributed by atoms with E-state index >= 15 is 0 Å². The van der Waals surface area contributed by atoms with Gasteiger partial charge in [0.15, 0.2) is 0 Å². The Morgan fingerprint density at radius 3 is 2.46 bits per heavy atom. The molecule has 0 unspecified atom stereocenters. The minimum Gasteiger partial charge on any atom is -0.481 e. The normalized spacial score (nSPS) is 11.8. The fourth-order valence-electron chi connectivity index (χ4n) is 2.30. The maximum Gasteiger partial charge on any atom is 0.308 e. The molecule has 0 bridgehead atoms. The van der Waals surface area contributed by atoms with Gasteiger partial charge in [0.1, 0.15) is 11.6 Å². The van der Waals surface area contributed by atoms with Crippen molar-refractivity contribution in [1.29, 1.82) is 0 Å². The van der Waals surface area contributed by atoms with E-state index in [9.17, 15) is 23.5 Å². The van der Waals surface area contributed by atoms with Crippen molar-refractivity contribution in [2.75, 3.05) is 6.54 Å². The van der Waals surface area contributed by atoms with E-state index < -0.39 is 29.4 Å². The van der Waals surface area contributed by atoms with Crippen LogP contribution in [0, 0.1) is 17.6 Å². The highest BCUT2D eigenvalue weighted by Gasteiger charge is 2.19. The van der Waals surface area contributed by atoms with Gasteiger partial charge in [0, 0.05) is 12.1 Å². The summed E-state index contributed by atoms with van der Waals surface area (Å²) in [5, 5.41) is 11.7. The van der Waals surface area contributed by atoms with Gasteiger partial charge in [0.05, 0.1) is 12.3 Å². The van der Waals surface area contributed by atoms with Crippen molar-refractivity contribution in [2.24, 2.45) is 5.92 Å². The van der Waals surface area contributed by atoms with Crippen LogP contribution in [-0.2, 0) is 22.4 Å². The molecule has 2 rings (SSSR count). The van der Waals surface area contributed by atoms with Crippen LogP contribution in [0.2, 0.25) is 0 Å². The van der Waals surface area contributed by atoms with E-state index in [0.717, 1.165) is 23.8 Å². The van der Waals surface area contributed by atoms with Crippen LogP contribution in [0.15, 0.2) is 48.5 Å². The fourth-order valence-corrected chi connectivity index (χ4v) is 2.30. The maximum absolute atomic E-state index is 13.5. The molecule has 2 aromatic rings. The van der Waals surface area contributed by atoms with E-state index in [1.807, 2.05) is 6.07 Å². The van der Waals surface area contributed by atoms with Crippen LogP contribution in [0.4, 0.5) is 8.78 Å². The Bertz CT molecular complexity index is 719. The highest BCUT2D eigenvalue weighted by Crippen LogP contribution is 2.11. The molecule has 4 nitrogen and oxygen atoms in total. The molecule has 0 radical (unpaired) electrons. The van der Waals surface area contributed by atoms with Crippen molar-refractivity contribution in [3.05, 3.63) is 71.3 Å². The lowest BCUT2D eigenvalue weighted by molar-refractivity contribution is -0.141. The number of nitrogens with one attached hydrogen (secondary N) is 1. The van der Waals surface area contributed by atoms with Gasteiger partial charge in [-0.15, -0.1) is 0 Å². The molecule has 0 fully saturated rings. The second-order valence-electron chi connectivity index (χ2n) is 5.44. The average molecular weight is 333 g/mol. The molecule has 0 aliphatic carbocycles. The Morgan fingerprint density at radius 1 is 1.08 bits per heavy atom. The van der Waals surface area contributed by atoms with Crippen molar-refractivity contribution < 1.29 is 23.5 Å². The Kier molecular flexibility index (Phi) is 6.01. The molecule has 24 heavy (non-hydrogen) atoms. The number of carboxylic acids is 1. The predicted octanol–water partition coefficient (Wildman–Crippen LogP) is 2.57. The molecule has 6 heteroatoms. The second-order valence-corrected chi connectivity index (χ2v) is 5.44. The van der Waals surface area contributed by atoms with E-state index in [2.05, 4.69) is 5.32 Å². The zero-order chi connectivity index (χ0) is 17.5. The van der Waals surface area contributed by atoms with Gasteiger partial charge < -0.3 is 10.4 Å². The first-order valence-electron chi connectivity index (χ1n) is 7.43. The van der Waals surface area contributed by atoms with Gasteiger partial charge >= 0.3 is 5.97 Å². The standard InChI is InChI=1S/C18H17F2NO3/c19-15-6-7-16(20)13(9-15)10-17(22)21-11-14(18(23)24)8-12-4-2-1-3-5-12/h1-7,9,14H,8,10-11H2,(H,21,22)(H,23,24)/t14-/m1/s1. The number of halogens is 2. The van der Waals surface area contributed by atoms with Gasteiger partial charge in [-0.3, -0.25) is 9.59 Å². The van der Waals surface area contributed by atoms with Crippen molar-refractivity contribution in [3.8, 4) is 0 Å². The average Bonchev–Trinajstić information content (AvgIpc) is 2.55. The van der Waals surface area contributed by atoms with Gasteiger partial charge in [-0.1, -0.05) is 30.3 Å². The van der Waals surface area contributed by atoms with Gasteiger partial charge in [0.2, 0.25) is 5.91 Å². The molecule has 0 heterocycles. The number of amides is 1. The summed E-state index contributed by atoms with van der Waals surface area (Å²) in [4.78, 5) is 23.2. The van der Waals surface area contributed by atoms with Crippen molar-refractivity contribution >= 4 is 11.9 Å². The highest BCUT2D eigenvalue weighted by atomic mass is 19.1. The van der Waals surface area contributed by atoms with Crippen LogP contribution in [0.1, 0.15) is 11.1 Å². The quantitative estimate of drug-likeness (QED) is 0.818. The Labute approximate surface area is 138 Å². The lowest BCUT2D eigenvalue weighted by Crippen LogP contribution is -2.35. The van der Waals surface area contributed by atoms with Crippen molar-refractivity contribution in [2.45, 2.75) is 12.8 Å². The molecule has 2 N–H and O–H groups in total. The molecule has 1 amide bonds. The molecule has 126 valence electrons. The molecular formula is C18H17F2NO3. The first-order valence-corrected chi connectivity index (χ1v) is 7.43. The van der Waals surface area contributed by atoms with Crippen LogP contribution in [-0.4, -0.2) is 23.5 Å². The molecule has 0 saturated heterocycles. The third-order valence-corrected chi connectivity index (χ3v) is 3.58. The molecule has 2 aromatic carbocycles. The zero-order valence-corrected chi connectivity index (χ0v) is 12.8. The Hall–Kier alpha value is -2.76. The predicted molar refractivity (Wildman–Crippen MR) is 84.3 cm³/mol. The van der Waals surface area contributed by atoms with E-state index in [4.69, 9.17) is 0 Å². The molecule has 0 aliphatic rings. The van der Waals surface area contributed by atoms with Crippen molar-refractivity contribution in [3.63, 3.8) is 0 Å². The van der Waals surface area contributed by atoms with Crippen LogP contribution in [0.25, 0.3) is 0 Å². The van der Waals surface area contributed by atoms with E-state index in [1.165, 1.54) is 0 Å². The summed E-state index contributed by atoms with van der Waals surface area (Å²) < 4.78 is 26.6. The summed E-state index contributed by atoms with van der Waals surface area (Å²) in [5.74, 6) is -3.69. The molecule has 0 aromatic heterocycles. The van der Waals surface area contributed by atoms with Gasteiger partial charge in [-0.05, 0) is 30.2 Å². The van der Waals surface area contributed by atoms with Crippen LogP contribution < -0.4 is 5.32 Å². The Balaban J connectivity index is 1.92. The topological polar surface area (TPSA) is 66.4 Å². The SMILES string of the molecule is O=C(Cc1cc(F)ccc1F)NC[C@@H](Cc1ccccc1)C(=O)O. The smallest absolute Gasteiger partial charge is 0.308 e. The lowest BCUT2D eigenvalue weighted by atomic mass is 9.99. The monoisotopic (exact) mass is 333 g/mol. The number of hydrogen-bond acceptors (Lipinski definition) is 2. The van der Waals surface area contributed by atoms with Gasteiger partial charge in [-0.25, -0.2) is 8.78 Å². The molecule has 0 saturated carbocycles. The third-order valence-electron chi connectivity index (χ3n) is 3.58.